The van der Waals surface area contributed by atoms with Crippen LogP contribution in [0.1, 0.15) is 6.92 Å². The third kappa shape index (κ3) is 2.37. The Bertz CT molecular complexity index is 163. The van der Waals surface area contributed by atoms with Gasteiger partial charge in [0, 0.05) is 7.05 Å². The minimum Gasteiger partial charge on any atom is -1.00 e. The van der Waals surface area contributed by atoms with Crippen molar-refractivity contribution in [3.63, 3.8) is 0 Å². The van der Waals surface area contributed by atoms with Gasteiger partial charge < -0.3 is 22.4 Å². The van der Waals surface area contributed by atoms with Crippen LogP contribution in [-0.4, -0.2) is 47.9 Å². The van der Waals surface area contributed by atoms with Crippen molar-refractivity contribution in [2.45, 2.75) is 6.92 Å². The van der Waals surface area contributed by atoms with Gasteiger partial charge in [0.15, 0.2) is 6.67 Å². The quantitative estimate of drug-likeness (QED) is 0.489. The van der Waals surface area contributed by atoms with Crippen molar-refractivity contribution in [3.05, 3.63) is 12.4 Å². The number of nitrogens with zero attached hydrogens (tertiary/aromatic N) is 2. The molecule has 1 aliphatic rings. The summed E-state index contributed by atoms with van der Waals surface area (Å²) in [4.78, 5) is 2.15. The summed E-state index contributed by atoms with van der Waals surface area (Å²) in [7, 11) is 2.06. The predicted octanol–water partition coefficient (Wildman–Crippen LogP) is -2.81. The van der Waals surface area contributed by atoms with Crippen LogP contribution < -0.4 is 12.4 Å². The highest BCUT2D eigenvalue weighted by atomic mass is 35.5. The molecule has 1 N–H and O–H groups in total. The van der Waals surface area contributed by atoms with E-state index in [1.807, 2.05) is 0 Å². The first kappa shape index (κ1) is 11.8. The number of quaternary nitrogens is 1. The van der Waals surface area contributed by atoms with Gasteiger partial charge in [0.1, 0.15) is 12.7 Å². The number of aliphatic hydroxyl groups excluding tert-OH is 1. The number of aliphatic hydroxyl groups is 1. The van der Waals surface area contributed by atoms with E-state index in [4.69, 9.17) is 5.11 Å². The first-order valence-corrected chi connectivity index (χ1v) is 4.09. The maximum absolute atomic E-state index is 8.84. The first-order valence-electron chi connectivity index (χ1n) is 4.09. The lowest BCUT2D eigenvalue weighted by Gasteiger charge is -2.30. The number of rotatable bonds is 3. The van der Waals surface area contributed by atoms with Crippen LogP contribution in [-0.2, 0) is 0 Å². The molecular weight excluding hydrogens is 176 g/mol. The van der Waals surface area contributed by atoms with E-state index in [-0.39, 0.29) is 19.0 Å². The molecule has 72 valence electrons. The number of halogens is 1. The highest BCUT2D eigenvalue weighted by Crippen LogP contribution is 2.15. The van der Waals surface area contributed by atoms with Crippen molar-refractivity contribution < 1.29 is 22.0 Å². The summed E-state index contributed by atoms with van der Waals surface area (Å²) in [6, 6.07) is 0. The van der Waals surface area contributed by atoms with Crippen molar-refractivity contribution in [2.75, 3.05) is 33.4 Å². The molecule has 1 rings (SSSR count). The SMILES string of the molecule is CC[N+]1(CCO)C=CN(C)C1.[Cl-]. The van der Waals surface area contributed by atoms with Crippen molar-refractivity contribution in [1.29, 1.82) is 0 Å². The third-order valence-corrected chi connectivity index (χ3v) is 2.32. The Hall–Kier alpha value is -0.250. The second-order valence-electron chi connectivity index (χ2n) is 3.18. The van der Waals surface area contributed by atoms with E-state index in [1.165, 1.54) is 0 Å². The lowest BCUT2D eigenvalue weighted by atomic mass is 10.4. The van der Waals surface area contributed by atoms with Gasteiger partial charge in [-0.3, -0.25) is 4.48 Å². The molecule has 1 atom stereocenters. The molecular formula is C8H17ClN2O. The summed E-state index contributed by atoms with van der Waals surface area (Å²) >= 11 is 0. The molecule has 0 amide bonds. The summed E-state index contributed by atoms with van der Waals surface area (Å²) in [5.41, 5.74) is 0. The molecule has 3 nitrogen and oxygen atoms in total. The van der Waals surface area contributed by atoms with Gasteiger partial charge in [0.25, 0.3) is 0 Å². The van der Waals surface area contributed by atoms with Gasteiger partial charge in [0.2, 0.25) is 0 Å². The summed E-state index contributed by atoms with van der Waals surface area (Å²) < 4.78 is 0.896. The maximum atomic E-state index is 8.84. The molecule has 0 radical (unpaired) electrons. The molecule has 0 fully saturated rings. The Morgan fingerprint density at radius 1 is 1.58 bits per heavy atom. The number of likely N-dealkylation sites (N-methyl/N-ethyl adjacent to an activating group) is 1. The van der Waals surface area contributed by atoms with Crippen molar-refractivity contribution in [3.8, 4) is 0 Å². The molecule has 0 saturated carbocycles. The molecule has 0 aromatic rings. The zero-order valence-corrected chi connectivity index (χ0v) is 8.46. The summed E-state index contributed by atoms with van der Waals surface area (Å²) in [6.07, 6.45) is 4.25. The van der Waals surface area contributed by atoms with E-state index < -0.39 is 0 Å². The fourth-order valence-electron chi connectivity index (χ4n) is 1.50. The smallest absolute Gasteiger partial charge is 0.158 e. The second-order valence-corrected chi connectivity index (χ2v) is 3.18. The van der Waals surface area contributed by atoms with E-state index in [2.05, 4.69) is 31.3 Å². The Morgan fingerprint density at radius 3 is 2.58 bits per heavy atom. The van der Waals surface area contributed by atoms with Gasteiger partial charge in [-0.25, -0.2) is 0 Å². The van der Waals surface area contributed by atoms with Gasteiger partial charge in [-0.05, 0) is 6.92 Å². The molecule has 0 aromatic heterocycles. The van der Waals surface area contributed by atoms with E-state index in [9.17, 15) is 0 Å². The van der Waals surface area contributed by atoms with Gasteiger partial charge in [-0.15, -0.1) is 0 Å². The predicted molar refractivity (Wildman–Crippen MR) is 44.5 cm³/mol. The van der Waals surface area contributed by atoms with E-state index in [0.29, 0.717) is 0 Å². The summed E-state index contributed by atoms with van der Waals surface area (Å²) in [6.45, 7) is 5.31. The second kappa shape index (κ2) is 4.70. The largest absolute Gasteiger partial charge is 1.00 e. The Kier molecular flexibility index (Phi) is 4.60. The lowest BCUT2D eigenvalue weighted by Crippen LogP contribution is -3.00. The standard InChI is InChI=1S/C8H17N2O.ClH/c1-3-10(6-7-11)5-4-9(2)8-10;/h4-5,11H,3,6-8H2,1-2H3;1H/q+1;/p-1. The van der Waals surface area contributed by atoms with Crippen LogP contribution in [0.15, 0.2) is 12.4 Å². The third-order valence-electron chi connectivity index (χ3n) is 2.32. The number of hydrogen-bond donors (Lipinski definition) is 1. The minimum absolute atomic E-state index is 0. The van der Waals surface area contributed by atoms with Gasteiger partial charge in [0.05, 0.1) is 19.4 Å². The molecule has 0 aliphatic carbocycles. The Labute approximate surface area is 80.3 Å². The van der Waals surface area contributed by atoms with Crippen LogP contribution in [0.5, 0.6) is 0 Å². The minimum atomic E-state index is 0. The van der Waals surface area contributed by atoms with Crippen LogP contribution in [0.3, 0.4) is 0 Å². The van der Waals surface area contributed by atoms with E-state index in [1.54, 1.807) is 0 Å². The normalized spacial score (nSPS) is 27.4. The van der Waals surface area contributed by atoms with Crippen LogP contribution in [0, 0.1) is 0 Å². The van der Waals surface area contributed by atoms with Gasteiger partial charge >= 0.3 is 0 Å². The lowest BCUT2D eigenvalue weighted by molar-refractivity contribution is -0.879. The van der Waals surface area contributed by atoms with E-state index >= 15 is 0 Å². The Balaban J connectivity index is 0.00000121. The zero-order chi connectivity index (χ0) is 8.32. The summed E-state index contributed by atoms with van der Waals surface area (Å²) in [5, 5.41) is 8.84. The fourth-order valence-corrected chi connectivity index (χ4v) is 1.50. The van der Waals surface area contributed by atoms with Crippen LogP contribution in [0.2, 0.25) is 0 Å². The first-order chi connectivity index (χ1) is 5.22. The maximum Gasteiger partial charge on any atom is 0.158 e. The highest BCUT2D eigenvalue weighted by molar-refractivity contribution is 4.79. The molecule has 1 unspecified atom stereocenters. The molecule has 0 saturated heterocycles. The molecule has 0 bridgehead atoms. The fraction of sp³-hybridized carbons (Fsp3) is 0.750. The summed E-state index contributed by atoms with van der Waals surface area (Å²) in [5.74, 6) is 0. The molecule has 1 heterocycles. The molecule has 0 aromatic carbocycles. The van der Waals surface area contributed by atoms with Gasteiger partial charge in [-0.2, -0.15) is 0 Å². The average Bonchev–Trinajstić information content (AvgIpc) is 2.34. The molecule has 0 spiro atoms. The van der Waals surface area contributed by atoms with Gasteiger partial charge in [-0.1, -0.05) is 0 Å². The van der Waals surface area contributed by atoms with Crippen molar-refractivity contribution >= 4 is 0 Å². The molecule has 1 aliphatic heterocycles. The Morgan fingerprint density at radius 2 is 2.25 bits per heavy atom. The monoisotopic (exact) mass is 192 g/mol. The highest BCUT2D eigenvalue weighted by Gasteiger charge is 2.27. The van der Waals surface area contributed by atoms with Crippen LogP contribution >= 0.6 is 0 Å². The number of hydrogen-bond acceptors (Lipinski definition) is 2. The van der Waals surface area contributed by atoms with Crippen LogP contribution in [0.25, 0.3) is 0 Å². The van der Waals surface area contributed by atoms with Crippen molar-refractivity contribution in [2.24, 2.45) is 0 Å². The van der Waals surface area contributed by atoms with Crippen molar-refractivity contribution in [1.82, 2.24) is 4.90 Å². The topological polar surface area (TPSA) is 23.5 Å². The molecule has 4 heteroatoms. The molecule has 12 heavy (non-hydrogen) atoms. The average molecular weight is 193 g/mol. The zero-order valence-electron chi connectivity index (χ0n) is 7.70. The van der Waals surface area contributed by atoms with E-state index in [0.717, 1.165) is 24.2 Å². The van der Waals surface area contributed by atoms with Crippen LogP contribution in [0.4, 0.5) is 0 Å².